The van der Waals surface area contributed by atoms with Gasteiger partial charge >= 0.3 is 0 Å². The number of hydrogen-bond donors (Lipinski definition) is 1. The molecule has 1 N–H and O–H groups in total. The van der Waals surface area contributed by atoms with E-state index in [-0.39, 0.29) is 5.91 Å². The fourth-order valence-corrected chi connectivity index (χ4v) is 3.32. The van der Waals surface area contributed by atoms with Crippen molar-refractivity contribution in [2.24, 2.45) is 0 Å². The number of rotatable bonds is 6. The minimum absolute atomic E-state index is 0.119. The molecule has 0 aliphatic carbocycles. The number of nitrogens with zero attached hydrogens (tertiary/aromatic N) is 2. The normalized spacial score (nSPS) is 10.8. The van der Waals surface area contributed by atoms with Crippen molar-refractivity contribution in [2.45, 2.75) is 40.8 Å². The highest BCUT2D eigenvalue weighted by atomic mass is 32.1. The molecule has 1 amide bonds. The number of aromatic nitrogens is 2. The second kappa shape index (κ2) is 7.74. The second-order valence-electron chi connectivity index (χ2n) is 6.29. The number of ether oxygens (including phenoxy) is 1. The molecule has 136 valence electrons. The zero-order valence-electron chi connectivity index (χ0n) is 15.5. The van der Waals surface area contributed by atoms with E-state index in [2.05, 4.69) is 30.3 Å². The molecular formula is C20H23N3O2S. The van der Waals surface area contributed by atoms with Crippen LogP contribution in [0.2, 0.25) is 0 Å². The Kier molecular flexibility index (Phi) is 5.42. The van der Waals surface area contributed by atoms with Crippen molar-refractivity contribution in [1.82, 2.24) is 9.78 Å². The van der Waals surface area contributed by atoms with Gasteiger partial charge in [0.1, 0.15) is 12.4 Å². The van der Waals surface area contributed by atoms with Crippen molar-refractivity contribution in [1.29, 1.82) is 0 Å². The predicted octanol–water partition coefficient (Wildman–Crippen LogP) is 4.72. The fourth-order valence-electron chi connectivity index (χ4n) is 2.53. The van der Waals surface area contributed by atoms with E-state index in [9.17, 15) is 4.79 Å². The Balaban J connectivity index is 1.62. The Bertz CT molecular complexity index is 927. The first kappa shape index (κ1) is 18.2. The fraction of sp³-hybridized carbons (Fsp3) is 0.300. The van der Waals surface area contributed by atoms with Gasteiger partial charge in [-0.2, -0.15) is 5.10 Å². The van der Waals surface area contributed by atoms with Gasteiger partial charge in [-0.05, 0) is 62.4 Å². The molecular weight excluding hydrogens is 346 g/mol. The van der Waals surface area contributed by atoms with E-state index in [0.29, 0.717) is 11.5 Å². The van der Waals surface area contributed by atoms with Crippen LogP contribution < -0.4 is 10.1 Å². The van der Waals surface area contributed by atoms with Gasteiger partial charge in [0.15, 0.2) is 0 Å². The quantitative estimate of drug-likeness (QED) is 0.684. The lowest BCUT2D eigenvalue weighted by Crippen LogP contribution is -2.10. The van der Waals surface area contributed by atoms with Gasteiger partial charge < -0.3 is 10.1 Å². The first-order chi connectivity index (χ1) is 12.5. The van der Waals surface area contributed by atoms with Crippen LogP contribution in [-0.2, 0) is 13.2 Å². The molecule has 0 aliphatic rings. The van der Waals surface area contributed by atoms with Crippen molar-refractivity contribution in [3.8, 4) is 5.75 Å². The monoisotopic (exact) mass is 369 g/mol. The summed E-state index contributed by atoms with van der Waals surface area (Å²) in [5.41, 5.74) is 5.00. The molecule has 2 heterocycles. The van der Waals surface area contributed by atoms with Gasteiger partial charge in [-0.3, -0.25) is 9.48 Å². The molecule has 26 heavy (non-hydrogen) atoms. The van der Waals surface area contributed by atoms with E-state index in [1.165, 1.54) is 22.5 Å². The van der Waals surface area contributed by atoms with Crippen molar-refractivity contribution in [3.05, 3.63) is 63.1 Å². The lowest BCUT2D eigenvalue weighted by molar-refractivity contribution is 0.103. The van der Waals surface area contributed by atoms with Crippen molar-refractivity contribution >= 4 is 22.9 Å². The number of thiophene rings is 1. The number of anilines is 1. The summed E-state index contributed by atoms with van der Waals surface area (Å²) in [6.07, 6.45) is 1.85. The zero-order chi connectivity index (χ0) is 18.7. The van der Waals surface area contributed by atoms with Crippen molar-refractivity contribution < 1.29 is 9.53 Å². The van der Waals surface area contributed by atoms with Crippen LogP contribution in [0.25, 0.3) is 0 Å². The standard InChI is InChI=1S/C20H23N3O2S/c1-5-23-10-18(15(4)22-23)21-20(24)19-9-16(12-26-19)11-25-17-7-6-13(2)14(3)8-17/h6-10,12H,5,11H2,1-4H3,(H,21,24). The van der Waals surface area contributed by atoms with Gasteiger partial charge in [-0.25, -0.2) is 0 Å². The Labute approximate surface area is 157 Å². The second-order valence-corrected chi connectivity index (χ2v) is 7.20. The number of hydrogen-bond acceptors (Lipinski definition) is 4. The summed E-state index contributed by atoms with van der Waals surface area (Å²) < 4.78 is 7.65. The topological polar surface area (TPSA) is 56.2 Å². The Hall–Kier alpha value is -2.60. The van der Waals surface area contributed by atoms with Crippen LogP contribution in [0.3, 0.4) is 0 Å². The van der Waals surface area contributed by atoms with Crippen molar-refractivity contribution in [2.75, 3.05) is 5.32 Å². The van der Waals surface area contributed by atoms with E-state index in [1.807, 2.05) is 48.3 Å². The van der Waals surface area contributed by atoms with Gasteiger partial charge in [0.2, 0.25) is 0 Å². The van der Waals surface area contributed by atoms with Crippen LogP contribution in [0.1, 0.15) is 39.0 Å². The molecule has 0 saturated heterocycles. The third kappa shape index (κ3) is 4.14. The summed E-state index contributed by atoms with van der Waals surface area (Å²) in [6, 6.07) is 7.93. The maximum atomic E-state index is 12.5. The average Bonchev–Trinajstić information content (AvgIpc) is 3.23. The molecule has 2 aromatic heterocycles. The Morgan fingerprint density at radius 2 is 2.04 bits per heavy atom. The Morgan fingerprint density at radius 1 is 1.23 bits per heavy atom. The number of benzene rings is 1. The lowest BCUT2D eigenvalue weighted by Gasteiger charge is -2.07. The molecule has 3 rings (SSSR count). The van der Waals surface area contributed by atoms with Crippen LogP contribution in [0, 0.1) is 20.8 Å². The number of nitrogens with one attached hydrogen (secondary N) is 1. The SMILES string of the molecule is CCn1cc(NC(=O)c2cc(COc3ccc(C)c(C)c3)cs2)c(C)n1. The first-order valence-electron chi connectivity index (χ1n) is 8.59. The zero-order valence-corrected chi connectivity index (χ0v) is 16.3. The predicted molar refractivity (Wildman–Crippen MR) is 105 cm³/mol. The summed E-state index contributed by atoms with van der Waals surface area (Å²) in [5.74, 6) is 0.721. The van der Waals surface area contributed by atoms with Crippen LogP contribution in [0.15, 0.2) is 35.8 Å². The number of carbonyl (C=O) groups excluding carboxylic acids is 1. The minimum atomic E-state index is -0.119. The van der Waals surface area contributed by atoms with Gasteiger partial charge in [-0.15, -0.1) is 11.3 Å². The van der Waals surface area contributed by atoms with Gasteiger partial charge in [-0.1, -0.05) is 6.07 Å². The molecule has 3 aromatic rings. The molecule has 0 bridgehead atoms. The lowest BCUT2D eigenvalue weighted by atomic mass is 10.1. The highest BCUT2D eigenvalue weighted by Gasteiger charge is 2.13. The smallest absolute Gasteiger partial charge is 0.265 e. The highest BCUT2D eigenvalue weighted by Crippen LogP contribution is 2.21. The molecule has 0 radical (unpaired) electrons. The summed E-state index contributed by atoms with van der Waals surface area (Å²) in [5, 5.41) is 9.23. The molecule has 0 aliphatic heterocycles. The molecule has 1 aromatic carbocycles. The van der Waals surface area contributed by atoms with Crippen LogP contribution in [0.5, 0.6) is 5.75 Å². The van der Waals surface area contributed by atoms with Gasteiger partial charge in [0.05, 0.1) is 16.3 Å². The first-order valence-corrected chi connectivity index (χ1v) is 9.47. The van der Waals surface area contributed by atoms with Crippen LogP contribution in [-0.4, -0.2) is 15.7 Å². The molecule has 0 fully saturated rings. The summed E-state index contributed by atoms with van der Waals surface area (Å²) in [6.45, 7) is 9.26. The third-order valence-corrected chi connectivity index (χ3v) is 5.26. The number of amides is 1. The molecule has 6 heteroatoms. The van der Waals surface area contributed by atoms with Crippen molar-refractivity contribution in [3.63, 3.8) is 0 Å². The molecule has 0 saturated carbocycles. The van der Waals surface area contributed by atoms with Crippen LogP contribution >= 0.6 is 11.3 Å². The Morgan fingerprint density at radius 3 is 2.73 bits per heavy atom. The van der Waals surface area contributed by atoms with E-state index >= 15 is 0 Å². The van der Waals surface area contributed by atoms with E-state index < -0.39 is 0 Å². The van der Waals surface area contributed by atoms with E-state index in [0.717, 1.165) is 29.2 Å². The average molecular weight is 369 g/mol. The van der Waals surface area contributed by atoms with Gasteiger partial charge in [0.25, 0.3) is 5.91 Å². The maximum absolute atomic E-state index is 12.5. The summed E-state index contributed by atoms with van der Waals surface area (Å²) in [4.78, 5) is 13.1. The largest absolute Gasteiger partial charge is 0.489 e. The number of aryl methyl sites for hydroxylation is 4. The highest BCUT2D eigenvalue weighted by molar-refractivity contribution is 7.12. The molecule has 0 atom stereocenters. The summed E-state index contributed by atoms with van der Waals surface area (Å²) >= 11 is 1.42. The van der Waals surface area contributed by atoms with E-state index in [4.69, 9.17) is 4.74 Å². The van der Waals surface area contributed by atoms with Crippen LogP contribution in [0.4, 0.5) is 5.69 Å². The molecule has 0 spiro atoms. The minimum Gasteiger partial charge on any atom is -0.489 e. The summed E-state index contributed by atoms with van der Waals surface area (Å²) in [7, 11) is 0. The number of carbonyl (C=O) groups is 1. The third-order valence-electron chi connectivity index (χ3n) is 4.28. The maximum Gasteiger partial charge on any atom is 0.265 e. The van der Waals surface area contributed by atoms with E-state index in [1.54, 1.807) is 0 Å². The molecule has 0 unspecified atom stereocenters. The van der Waals surface area contributed by atoms with Gasteiger partial charge in [0, 0.05) is 18.3 Å². The molecule has 5 nitrogen and oxygen atoms in total.